The molecule has 1 aromatic carbocycles. The Morgan fingerprint density at radius 2 is 1.67 bits per heavy atom. The number of hydrogen-bond acceptors (Lipinski definition) is 5. The van der Waals surface area contributed by atoms with Crippen LogP contribution in [0.5, 0.6) is 0 Å². The van der Waals surface area contributed by atoms with E-state index in [-0.39, 0.29) is 18.7 Å². The Bertz CT molecular complexity index is 767. The number of carbonyl (C=O) groups excluding carboxylic acids is 4. The number of nitrogens with zero attached hydrogens (tertiary/aromatic N) is 2. The standard InChI is InChI=1S/C17H17N3O4/c21-14-6-5-13(15(22)18-14)20-16(23)11-4-3-10(9-12(11)17(20)24)19-7-1-2-8-19/h3-4,9,13H,1-2,5-8H2,(H,18,21,22)/t13-/m1/s1. The largest absolute Gasteiger partial charge is 0.372 e. The highest BCUT2D eigenvalue weighted by molar-refractivity contribution is 6.23. The number of benzene rings is 1. The summed E-state index contributed by atoms with van der Waals surface area (Å²) >= 11 is 0. The molecule has 4 amide bonds. The van der Waals surface area contributed by atoms with E-state index < -0.39 is 23.8 Å². The minimum atomic E-state index is -0.912. The summed E-state index contributed by atoms with van der Waals surface area (Å²) in [6, 6.07) is 4.34. The zero-order valence-corrected chi connectivity index (χ0v) is 13.1. The SMILES string of the molecule is O=C1CC[C@@H](N2C(=O)c3ccc(N4CCCC4)cc3C2=O)C(=O)N1. The van der Waals surface area contributed by atoms with E-state index in [0.717, 1.165) is 36.5 Å². The minimum Gasteiger partial charge on any atom is -0.372 e. The van der Waals surface area contributed by atoms with Gasteiger partial charge in [0.2, 0.25) is 11.8 Å². The molecule has 1 N–H and O–H groups in total. The van der Waals surface area contributed by atoms with Gasteiger partial charge in [0.15, 0.2) is 0 Å². The summed E-state index contributed by atoms with van der Waals surface area (Å²) in [5, 5.41) is 2.20. The van der Waals surface area contributed by atoms with Crippen LogP contribution in [0.4, 0.5) is 5.69 Å². The predicted octanol–water partition coefficient (Wildman–Crippen LogP) is 0.688. The van der Waals surface area contributed by atoms with Crippen LogP contribution in [-0.4, -0.2) is 47.7 Å². The third-order valence-corrected chi connectivity index (χ3v) is 4.89. The molecule has 0 saturated carbocycles. The molecule has 2 fully saturated rings. The zero-order chi connectivity index (χ0) is 16.8. The van der Waals surface area contributed by atoms with Gasteiger partial charge in [-0.25, -0.2) is 0 Å². The minimum absolute atomic E-state index is 0.128. The first-order valence-electron chi connectivity index (χ1n) is 8.17. The van der Waals surface area contributed by atoms with Crippen molar-refractivity contribution in [1.29, 1.82) is 0 Å². The third-order valence-electron chi connectivity index (χ3n) is 4.89. The molecule has 124 valence electrons. The van der Waals surface area contributed by atoms with Crippen LogP contribution in [0.3, 0.4) is 0 Å². The summed E-state index contributed by atoms with van der Waals surface area (Å²) < 4.78 is 0. The molecule has 0 spiro atoms. The molecule has 2 saturated heterocycles. The van der Waals surface area contributed by atoms with Crippen molar-refractivity contribution in [3.63, 3.8) is 0 Å². The lowest BCUT2D eigenvalue weighted by Crippen LogP contribution is -2.54. The van der Waals surface area contributed by atoms with Crippen LogP contribution in [0, 0.1) is 0 Å². The van der Waals surface area contributed by atoms with E-state index in [1.165, 1.54) is 0 Å². The van der Waals surface area contributed by atoms with Crippen LogP contribution >= 0.6 is 0 Å². The van der Waals surface area contributed by atoms with Gasteiger partial charge in [-0.2, -0.15) is 0 Å². The lowest BCUT2D eigenvalue weighted by Gasteiger charge is -2.27. The van der Waals surface area contributed by atoms with Gasteiger partial charge in [-0.15, -0.1) is 0 Å². The van der Waals surface area contributed by atoms with Gasteiger partial charge in [0.1, 0.15) is 6.04 Å². The normalized spacial score (nSPS) is 23.8. The quantitative estimate of drug-likeness (QED) is 0.808. The van der Waals surface area contributed by atoms with Crippen molar-refractivity contribution in [3.05, 3.63) is 29.3 Å². The van der Waals surface area contributed by atoms with E-state index in [1.807, 2.05) is 6.07 Å². The van der Waals surface area contributed by atoms with Gasteiger partial charge in [0.25, 0.3) is 11.8 Å². The van der Waals surface area contributed by atoms with E-state index in [0.29, 0.717) is 11.1 Å². The number of rotatable bonds is 2. The first-order chi connectivity index (χ1) is 11.6. The van der Waals surface area contributed by atoms with Crippen LogP contribution in [-0.2, 0) is 9.59 Å². The highest BCUT2D eigenvalue weighted by Gasteiger charge is 2.44. The Kier molecular flexibility index (Phi) is 3.37. The van der Waals surface area contributed by atoms with Crippen molar-refractivity contribution in [2.75, 3.05) is 18.0 Å². The molecular weight excluding hydrogens is 310 g/mol. The van der Waals surface area contributed by atoms with Gasteiger partial charge in [0, 0.05) is 25.2 Å². The molecule has 0 unspecified atom stereocenters. The van der Waals surface area contributed by atoms with Gasteiger partial charge in [-0.05, 0) is 37.5 Å². The van der Waals surface area contributed by atoms with Crippen LogP contribution in [0.2, 0.25) is 0 Å². The average Bonchev–Trinajstić information content (AvgIpc) is 3.17. The average molecular weight is 327 g/mol. The molecule has 24 heavy (non-hydrogen) atoms. The molecule has 1 aromatic rings. The zero-order valence-electron chi connectivity index (χ0n) is 13.1. The van der Waals surface area contributed by atoms with Crippen molar-refractivity contribution in [1.82, 2.24) is 10.2 Å². The third kappa shape index (κ3) is 2.19. The number of amides is 4. The van der Waals surface area contributed by atoms with Crippen molar-refractivity contribution >= 4 is 29.3 Å². The number of carbonyl (C=O) groups is 4. The second-order valence-electron chi connectivity index (χ2n) is 6.37. The number of nitrogens with one attached hydrogen (secondary N) is 1. The molecule has 3 aliphatic rings. The molecule has 3 aliphatic heterocycles. The Morgan fingerprint density at radius 3 is 2.38 bits per heavy atom. The monoisotopic (exact) mass is 327 g/mol. The first kappa shape index (κ1) is 14.9. The van der Waals surface area contributed by atoms with Gasteiger partial charge in [-0.3, -0.25) is 29.4 Å². The molecule has 0 aliphatic carbocycles. The molecule has 7 nitrogen and oxygen atoms in total. The molecular formula is C17H17N3O4. The lowest BCUT2D eigenvalue weighted by atomic mass is 10.0. The van der Waals surface area contributed by atoms with Crippen LogP contribution < -0.4 is 10.2 Å². The summed E-state index contributed by atoms with van der Waals surface area (Å²) in [5.74, 6) is -1.87. The second kappa shape index (κ2) is 5.43. The first-order valence-corrected chi connectivity index (χ1v) is 8.17. The van der Waals surface area contributed by atoms with Gasteiger partial charge in [-0.1, -0.05) is 0 Å². The van der Waals surface area contributed by atoms with Gasteiger partial charge < -0.3 is 4.90 Å². The van der Waals surface area contributed by atoms with E-state index in [1.54, 1.807) is 12.1 Å². The maximum Gasteiger partial charge on any atom is 0.262 e. The van der Waals surface area contributed by atoms with E-state index in [4.69, 9.17) is 0 Å². The van der Waals surface area contributed by atoms with Crippen molar-refractivity contribution in [2.45, 2.75) is 31.7 Å². The van der Waals surface area contributed by atoms with Crippen LogP contribution in [0.25, 0.3) is 0 Å². The van der Waals surface area contributed by atoms with E-state index in [2.05, 4.69) is 10.2 Å². The summed E-state index contributed by atoms with van der Waals surface area (Å²) in [6.45, 7) is 1.88. The number of fused-ring (bicyclic) bond motifs is 1. The summed E-state index contributed by atoms with van der Waals surface area (Å²) in [6.07, 6.45) is 2.54. The maximum absolute atomic E-state index is 12.7. The molecule has 1 atom stereocenters. The van der Waals surface area contributed by atoms with Crippen molar-refractivity contribution < 1.29 is 19.2 Å². The molecule has 0 radical (unpaired) electrons. The van der Waals surface area contributed by atoms with Crippen molar-refractivity contribution in [3.8, 4) is 0 Å². The predicted molar refractivity (Wildman–Crippen MR) is 84.6 cm³/mol. The molecule has 7 heteroatoms. The Hall–Kier alpha value is -2.70. The van der Waals surface area contributed by atoms with E-state index in [9.17, 15) is 19.2 Å². The molecule has 0 bridgehead atoms. The Labute approximate surface area is 138 Å². The highest BCUT2D eigenvalue weighted by atomic mass is 16.2. The Balaban J connectivity index is 1.65. The number of anilines is 1. The fraction of sp³-hybridized carbons (Fsp3) is 0.412. The fourth-order valence-corrected chi connectivity index (χ4v) is 3.63. The maximum atomic E-state index is 12.7. The fourth-order valence-electron chi connectivity index (χ4n) is 3.63. The van der Waals surface area contributed by atoms with Crippen LogP contribution in [0.1, 0.15) is 46.4 Å². The van der Waals surface area contributed by atoms with Crippen molar-refractivity contribution in [2.24, 2.45) is 0 Å². The van der Waals surface area contributed by atoms with Gasteiger partial charge >= 0.3 is 0 Å². The van der Waals surface area contributed by atoms with Crippen LogP contribution in [0.15, 0.2) is 18.2 Å². The highest BCUT2D eigenvalue weighted by Crippen LogP contribution is 2.31. The van der Waals surface area contributed by atoms with E-state index >= 15 is 0 Å². The summed E-state index contributed by atoms with van der Waals surface area (Å²) in [7, 11) is 0. The summed E-state index contributed by atoms with van der Waals surface area (Å²) in [4.78, 5) is 51.8. The molecule has 0 aromatic heterocycles. The topological polar surface area (TPSA) is 86.8 Å². The number of piperidine rings is 1. The molecule has 4 rings (SSSR count). The van der Waals surface area contributed by atoms with Gasteiger partial charge in [0.05, 0.1) is 11.1 Å². The number of hydrogen-bond donors (Lipinski definition) is 1. The lowest BCUT2D eigenvalue weighted by molar-refractivity contribution is -0.136. The smallest absolute Gasteiger partial charge is 0.262 e. The second-order valence-corrected chi connectivity index (χ2v) is 6.37. The Morgan fingerprint density at radius 1 is 0.958 bits per heavy atom. The molecule has 3 heterocycles. The number of imide groups is 2. The summed E-state index contributed by atoms with van der Waals surface area (Å²) in [5.41, 5.74) is 1.60.